The molecule has 0 bridgehead atoms. The summed E-state index contributed by atoms with van der Waals surface area (Å²) in [6.07, 6.45) is 1.42. The Labute approximate surface area is 157 Å². The summed E-state index contributed by atoms with van der Waals surface area (Å²) in [5, 5.41) is 4.94. The third-order valence-corrected chi connectivity index (χ3v) is 4.68. The quantitative estimate of drug-likeness (QED) is 0.394. The molecule has 3 aromatic rings. The zero-order chi connectivity index (χ0) is 17.8. The number of thiophene rings is 1. The average Bonchev–Trinajstić information content (AvgIpc) is 2.94. The van der Waals surface area contributed by atoms with Crippen molar-refractivity contribution < 1.29 is 9.53 Å². The predicted octanol–water partition coefficient (Wildman–Crippen LogP) is 4.38. The summed E-state index contributed by atoms with van der Waals surface area (Å²) < 4.78 is 5.86. The van der Waals surface area contributed by atoms with Crippen molar-refractivity contribution in [3.8, 4) is 0 Å². The van der Waals surface area contributed by atoms with Gasteiger partial charge >= 0.3 is 5.97 Å². The van der Waals surface area contributed by atoms with Crippen LogP contribution in [0.25, 0.3) is 10.9 Å². The number of carbonyl (C=O) groups is 1. The maximum absolute atomic E-state index is 12.3. The first-order chi connectivity index (χ1) is 12.1. The summed E-state index contributed by atoms with van der Waals surface area (Å²) in [5.41, 5.74) is 3.98. The molecule has 0 aliphatic carbocycles. The highest BCUT2D eigenvalue weighted by Gasteiger charge is 2.21. The first-order valence-electron chi connectivity index (χ1n) is 7.26. The van der Waals surface area contributed by atoms with Gasteiger partial charge in [0.15, 0.2) is 11.5 Å². The number of carbonyl (C=O) groups excluding carboxylic acids is 1. The molecular weight excluding hydrogens is 383 g/mol. The normalized spacial score (nSPS) is 11.6. The van der Waals surface area contributed by atoms with E-state index in [0.717, 1.165) is 22.2 Å². The molecule has 2 heterocycles. The second kappa shape index (κ2) is 7.77. The van der Waals surface area contributed by atoms with E-state index in [2.05, 4.69) is 20.5 Å². The molecule has 0 unspecified atom stereocenters. The lowest BCUT2D eigenvalue weighted by Crippen LogP contribution is -2.20. The van der Waals surface area contributed by atoms with Gasteiger partial charge in [-0.3, -0.25) is 5.43 Å². The number of ether oxygens (including phenoxy) is 1. The molecule has 0 aliphatic heterocycles. The first kappa shape index (κ1) is 17.6. The van der Waals surface area contributed by atoms with Crippen LogP contribution in [0, 0.1) is 0 Å². The first-order valence-corrected chi connectivity index (χ1v) is 8.83. The van der Waals surface area contributed by atoms with Gasteiger partial charge in [-0.05, 0) is 25.1 Å². The van der Waals surface area contributed by atoms with Crippen molar-refractivity contribution in [1.29, 1.82) is 0 Å². The number of halogens is 2. The van der Waals surface area contributed by atoms with Crippen molar-refractivity contribution in [3.63, 3.8) is 0 Å². The number of hydrazone groups is 1. The van der Waals surface area contributed by atoms with Gasteiger partial charge in [-0.25, -0.2) is 14.8 Å². The van der Waals surface area contributed by atoms with Crippen molar-refractivity contribution >= 4 is 62.9 Å². The molecule has 3 rings (SSSR count). The fourth-order valence-corrected chi connectivity index (χ4v) is 3.59. The Kier molecular flexibility index (Phi) is 5.47. The molecule has 1 N–H and O–H groups in total. The number of esters is 1. The van der Waals surface area contributed by atoms with E-state index < -0.39 is 5.97 Å². The van der Waals surface area contributed by atoms with Crippen LogP contribution in [0.1, 0.15) is 12.5 Å². The number of hydrogen-bond acceptors (Lipinski definition) is 7. The Morgan fingerprint density at radius 2 is 2.12 bits per heavy atom. The zero-order valence-electron chi connectivity index (χ0n) is 13.0. The van der Waals surface area contributed by atoms with E-state index in [0.29, 0.717) is 20.1 Å². The largest absolute Gasteiger partial charge is 0.461 e. The van der Waals surface area contributed by atoms with Gasteiger partial charge in [0.25, 0.3) is 0 Å². The summed E-state index contributed by atoms with van der Waals surface area (Å²) in [4.78, 5) is 20.6. The van der Waals surface area contributed by atoms with Crippen molar-refractivity contribution in [3.05, 3.63) is 50.9 Å². The van der Waals surface area contributed by atoms with Gasteiger partial charge in [0.2, 0.25) is 0 Å². The van der Waals surface area contributed by atoms with E-state index in [1.54, 1.807) is 13.0 Å². The molecule has 0 amide bonds. The lowest BCUT2D eigenvalue weighted by atomic mass is 10.2. The second-order valence-corrected chi connectivity index (χ2v) is 7.06. The van der Waals surface area contributed by atoms with Crippen LogP contribution in [0.4, 0.5) is 5.82 Å². The number of para-hydroxylation sites is 1. The van der Waals surface area contributed by atoms with E-state index in [1.165, 1.54) is 6.33 Å². The molecule has 0 radical (unpaired) electrons. The number of fused-ring (bicyclic) bond motifs is 1. The zero-order valence-corrected chi connectivity index (χ0v) is 15.3. The summed E-state index contributed by atoms with van der Waals surface area (Å²) in [6.45, 7) is 1.92. The number of aromatic nitrogens is 2. The van der Waals surface area contributed by atoms with Crippen molar-refractivity contribution in [2.75, 3.05) is 12.0 Å². The molecular formula is C16H12Cl2N4O2S. The minimum Gasteiger partial charge on any atom is -0.461 e. The second-order valence-electron chi connectivity index (χ2n) is 4.77. The van der Waals surface area contributed by atoms with Gasteiger partial charge in [-0.2, -0.15) is 5.10 Å². The molecule has 9 heteroatoms. The molecule has 2 aromatic heterocycles. The van der Waals surface area contributed by atoms with E-state index in [9.17, 15) is 4.79 Å². The summed E-state index contributed by atoms with van der Waals surface area (Å²) >= 11 is 13.3. The number of hydrogen-bond donors (Lipinski definition) is 1. The van der Waals surface area contributed by atoms with Gasteiger partial charge in [0, 0.05) is 10.9 Å². The van der Waals surface area contributed by atoms with Crippen LogP contribution in [-0.2, 0) is 9.53 Å². The van der Waals surface area contributed by atoms with Crippen molar-refractivity contribution in [1.82, 2.24) is 9.97 Å². The Bertz CT molecular complexity index is 953. The van der Waals surface area contributed by atoms with Gasteiger partial charge < -0.3 is 4.74 Å². The van der Waals surface area contributed by atoms with Crippen LogP contribution >= 0.6 is 34.5 Å². The van der Waals surface area contributed by atoms with Crippen LogP contribution in [0.5, 0.6) is 0 Å². The smallest absolute Gasteiger partial charge is 0.359 e. The van der Waals surface area contributed by atoms with Crippen LogP contribution in [-0.4, -0.2) is 28.3 Å². The highest BCUT2D eigenvalue weighted by molar-refractivity contribution is 7.20. The van der Waals surface area contributed by atoms with Gasteiger partial charge in [-0.1, -0.05) is 35.3 Å². The van der Waals surface area contributed by atoms with E-state index in [1.807, 2.05) is 24.3 Å². The number of anilines is 1. The fourth-order valence-electron chi connectivity index (χ4n) is 2.12. The van der Waals surface area contributed by atoms with E-state index >= 15 is 0 Å². The van der Waals surface area contributed by atoms with E-state index in [-0.39, 0.29) is 12.3 Å². The molecule has 0 spiro atoms. The Hall–Kier alpha value is -2.22. The lowest BCUT2D eigenvalue weighted by Gasteiger charge is -2.07. The minimum absolute atomic E-state index is 0.0256. The molecule has 0 saturated carbocycles. The summed E-state index contributed by atoms with van der Waals surface area (Å²) in [6, 6.07) is 9.02. The highest BCUT2D eigenvalue weighted by Crippen LogP contribution is 2.32. The van der Waals surface area contributed by atoms with Crippen LogP contribution in [0.3, 0.4) is 0 Å². The maximum atomic E-state index is 12.3. The molecule has 0 saturated heterocycles. The number of nitrogens with one attached hydrogen (secondary N) is 1. The van der Waals surface area contributed by atoms with Crippen molar-refractivity contribution in [2.45, 2.75) is 6.92 Å². The molecule has 6 nitrogen and oxygen atoms in total. The van der Waals surface area contributed by atoms with Gasteiger partial charge in [0.1, 0.15) is 10.7 Å². The SMILES string of the molecule is CCOC(=O)/C(=N/Nc1ncnc2ccccc12)c1cc(Cl)sc1Cl. The Morgan fingerprint density at radius 3 is 2.84 bits per heavy atom. The monoisotopic (exact) mass is 394 g/mol. The lowest BCUT2D eigenvalue weighted by molar-refractivity contribution is -0.134. The molecule has 25 heavy (non-hydrogen) atoms. The molecule has 0 atom stereocenters. The third kappa shape index (κ3) is 3.89. The topological polar surface area (TPSA) is 76.5 Å². The van der Waals surface area contributed by atoms with Crippen molar-refractivity contribution in [2.24, 2.45) is 5.10 Å². The van der Waals surface area contributed by atoms with Crippen LogP contribution < -0.4 is 5.43 Å². The van der Waals surface area contributed by atoms with E-state index in [4.69, 9.17) is 27.9 Å². The van der Waals surface area contributed by atoms with Gasteiger partial charge in [-0.15, -0.1) is 11.3 Å². The Balaban J connectivity index is 2.01. The van der Waals surface area contributed by atoms with Crippen LogP contribution in [0.2, 0.25) is 8.67 Å². The average molecular weight is 395 g/mol. The standard InChI is InChI=1S/C16H12Cl2N4O2S/c1-2-24-16(23)13(10-7-12(17)25-14(10)18)21-22-15-9-5-3-4-6-11(9)19-8-20-15/h3-8H,2H2,1H3,(H,19,20,22)/b21-13+. The molecule has 128 valence electrons. The third-order valence-electron chi connectivity index (χ3n) is 3.20. The number of nitrogens with zero attached hydrogens (tertiary/aromatic N) is 3. The highest BCUT2D eigenvalue weighted by atomic mass is 35.5. The fraction of sp³-hybridized carbons (Fsp3) is 0.125. The maximum Gasteiger partial charge on any atom is 0.359 e. The number of benzene rings is 1. The summed E-state index contributed by atoms with van der Waals surface area (Å²) in [5.74, 6) is -0.144. The molecule has 0 fully saturated rings. The predicted molar refractivity (Wildman–Crippen MR) is 101 cm³/mol. The van der Waals surface area contributed by atoms with Crippen LogP contribution in [0.15, 0.2) is 41.8 Å². The molecule has 1 aromatic carbocycles. The minimum atomic E-state index is -0.607. The molecule has 0 aliphatic rings. The Morgan fingerprint density at radius 1 is 1.32 bits per heavy atom. The van der Waals surface area contributed by atoms with Gasteiger partial charge in [0.05, 0.1) is 16.5 Å². The number of rotatable bonds is 5. The summed E-state index contributed by atoms with van der Waals surface area (Å²) in [7, 11) is 0.